The van der Waals surface area contributed by atoms with Crippen LogP contribution in [0.4, 0.5) is 0 Å². The fourth-order valence-electron chi connectivity index (χ4n) is 2.68. The Balaban J connectivity index is 2.65. The Hall–Kier alpha value is -0.0200. The summed E-state index contributed by atoms with van der Waals surface area (Å²) in [7, 11) is 0. The summed E-state index contributed by atoms with van der Waals surface area (Å²) in [6.07, 6.45) is 2.56. The van der Waals surface area contributed by atoms with E-state index in [4.69, 9.17) is 0 Å². The van der Waals surface area contributed by atoms with E-state index < -0.39 is 0 Å². The van der Waals surface area contributed by atoms with Gasteiger partial charge in [-0.2, -0.15) is 12.6 Å². The first-order chi connectivity index (χ1) is 7.07. The quantitative estimate of drug-likeness (QED) is 0.730. The molecule has 2 nitrogen and oxygen atoms in total. The van der Waals surface area contributed by atoms with Crippen LogP contribution in [0.15, 0.2) is 0 Å². The first-order valence-electron chi connectivity index (χ1n) is 5.95. The van der Waals surface area contributed by atoms with Crippen molar-refractivity contribution < 1.29 is 4.79 Å². The Morgan fingerprint density at radius 2 is 1.80 bits per heavy atom. The second-order valence-corrected chi connectivity index (χ2v) is 5.19. The minimum atomic E-state index is 0.153. The first kappa shape index (κ1) is 13.0. The highest BCUT2D eigenvalue weighted by Crippen LogP contribution is 2.24. The van der Waals surface area contributed by atoms with Crippen molar-refractivity contribution in [1.82, 2.24) is 4.90 Å². The topological polar surface area (TPSA) is 20.3 Å². The van der Waals surface area contributed by atoms with Crippen molar-refractivity contribution in [3.05, 3.63) is 0 Å². The van der Waals surface area contributed by atoms with E-state index in [0.717, 1.165) is 13.1 Å². The van der Waals surface area contributed by atoms with E-state index in [-0.39, 0.29) is 5.92 Å². The van der Waals surface area contributed by atoms with Gasteiger partial charge >= 0.3 is 0 Å². The van der Waals surface area contributed by atoms with Crippen LogP contribution in [0.25, 0.3) is 0 Å². The fraction of sp³-hybridized carbons (Fsp3) is 0.917. The zero-order chi connectivity index (χ0) is 11.4. The number of hydrogen-bond acceptors (Lipinski definition) is 3. The maximum atomic E-state index is 11.8. The molecule has 0 saturated carbocycles. The summed E-state index contributed by atoms with van der Waals surface area (Å²) >= 11 is 4.12. The molecule has 1 heterocycles. The Bertz CT molecular complexity index is 212. The van der Waals surface area contributed by atoms with Crippen LogP contribution in [-0.4, -0.2) is 35.6 Å². The van der Waals surface area contributed by atoms with Gasteiger partial charge in [-0.1, -0.05) is 13.8 Å². The predicted octanol–water partition coefficient (Wildman–Crippen LogP) is 2.24. The molecule has 0 unspecified atom stereocenters. The molecule has 15 heavy (non-hydrogen) atoms. The Kier molecular flexibility index (Phi) is 5.13. The van der Waals surface area contributed by atoms with Crippen molar-refractivity contribution in [2.75, 3.05) is 18.8 Å². The van der Waals surface area contributed by atoms with Gasteiger partial charge in [-0.3, -0.25) is 9.69 Å². The highest BCUT2D eigenvalue weighted by molar-refractivity contribution is 7.81. The predicted molar refractivity (Wildman–Crippen MR) is 67.5 cm³/mol. The lowest BCUT2D eigenvalue weighted by Gasteiger charge is -2.32. The monoisotopic (exact) mass is 229 g/mol. The van der Waals surface area contributed by atoms with Crippen molar-refractivity contribution in [1.29, 1.82) is 0 Å². The number of nitrogens with zero attached hydrogens (tertiary/aromatic N) is 1. The maximum Gasteiger partial charge on any atom is 0.147 e. The third kappa shape index (κ3) is 3.22. The lowest BCUT2D eigenvalue weighted by molar-refractivity contribution is -0.123. The number of carbonyl (C=O) groups excluding carboxylic acids is 1. The Morgan fingerprint density at radius 1 is 1.27 bits per heavy atom. The van der Waals surface area contributed by atoms with Crippen molar-refractivity contribution in [3.8, 4) is 0 Å². The molecular weight excluding hydrogens is 206 g/mol. The number of hydrogen-bond donors (Lipinski definition) is 1. The van der Waals surface area contributed by atoms with Gasteiger partial charge in [0, 0.05) is 17.7 Å². The van der Waals surface area contributed by atoms with Gasteiger partial charge in [0.25, 0.3) is 0 Å². The van der Waals surface area contributed by atoms with Gasteiger partial charge in [0.15, 0.2) is 0 Å². The summed E-state index contributed by atoms with van der Waals surface area (Å²) in [5.41, 5.74) is 0. The lowest BCUT2D eigenvalue weighted by atomic mass is 9.85. The minimum absolute atomic E-state index is 0.153. The number of likely N-dealkylation sites (tertiary alicyclic amines) is 1. The van der Waals surface area contributed by atoms with Gasteiger partial charge in [-0.25, -0.2) is 0 Å². The molecule has 0 aromatic carbocycles. The highest BCUT2D eigenvalue weighted by Gasteiger charge is 2.31. The summed E-state index contributed by atoms with van der Waals surface area (Å²) < 4.78 is 0. The summed E-state index contributed by atoms with van der Waals surface area (Å²) in [5.74, 6) is 1.25. The van der Waals surface area contributed by atoms with E-state index in [2.05, 4.69) is 38.3 Å². The summed E-state index contributed by atoms with van der Waals surface area (Å²) in [6, 6.07) is 0.382. The van der Waals surface area contributed by atoms with E-state index in [0.29, 0.717) is 23.5 Å². The standard InChI is InChI=1S/C12H23NOS/c1-9(2)12(11(14)8-15)10(3)13-6-4-5-7-13/h9-10,12,15H,4-8H2,1-3H3/t10-,12+/m0/s1. The number of thiol groups is 1. The van der Waals surface area contributed by atoms with Crippen LogP contribution >= 0.6 is 12.6 Å². The highest BCUT2D eigenvalue weighted by atomic mass is 32.1. The molecule has 0 bridgehead atoms. The zero-order valence-corrected chi connectivity index (χ0v) is 11.0. The van der Waals surface area contributed by atoms with Crippen LogP contribution in [0.2, 0.25) is 0 Å². The molecule has 1 rings (SSSR count). The molecule has 1 saturated heterocycles. The number of ketones is 1. The average molecular weight is 229 g/mol. The SMILES string of the molecule is CC(C)[C@@H](C(=O)CS)[C@H](C)N1CCCC1. The number of carbonyl (C=O) groups is 1. The summed E-state index contributed by atoms with van der Waals surface area (Å²) in [6.45, 7) is 8.78. The van der Waals surface area contributed by atoms with Crippen LogP contribution in [0.5, 0.6) is 0 Å². The fourth-order valence-corrected chi connectivity index (χ4v) is 2.89. The van der Waals surface area contributed by atoms with Crippen LogP contribution < -0.4 is 0 Å². The molecule has 2 atom stereocenters. The zero-order valence-electron chi connectivity index (χ0n) is 10.1. The van der Waals surface area contributed by atoms with Crippen molar-refractivity contribution in [3.63, 3.8) is 0 Å². The van der Waals surface area contributed by atoms with E-state index in [9.17, 15) is 4.79 Å². The van der Waals surface area contributed by atoms with Crippen LogP contribution in [-0.2, 0) is 4.79 Å². The molecule has 0 radical (unpaired) electrons. The van der Waals surface area contributed by atoms with Gasteiger partial charge < -0.3 is 0 Å². The van der Waals surface area contributed by atoms with E-state index in [1.165, 1.54) is 12.8 Å². The first-order valence-corrected chi connectivity index (χ1v) is 6.58. The molecule has 1 aliphatic rings. The molecule has 0 N–H and O–H groups in total. The van der Waals surface area contributed by atoms with E-state index in [1.54, 1.807) is 0 Å². The van der Waals surface area contributed by atoms with Crippen molar-refractivity contribution in [2.45, 2.75) is 39.7 Å². The molecule has 0 aromatic rings. The summed E-state index contributed by atoms with van der Waals surface area (Å²) in [5, 5.41) is 0. The molecular formula is C12H23NOS. The van der Waals surface area contributed by atoms with Crippen LogP contribution in [0.3, 0.4) is 0 Å². The average Bonchev–Trinajstić information content (AvgIpc) is 2.69. The molecule has 88 valence electrons. The normalized spacial score (nSPS) is 21.9. The number of Topliss-reactive ketones (excluding diaryl/α,β-unsaturated/α-hetero) is 1. The largest absolute Gasteiger partial charge is 0.300 e. The molecule has 1 aliphatic heterocycles. The van der Waals surface area contributed by atoms with Gasteiger partial charge in [-0.05, 0) is 38.8 Å². The lowest BCUT2D eigenvalue weighted by Crippen LogP contribution is -2.42. The molecule has 0 aliphatic carbocycles. The Morgan fingerprint density at radius 3 is 2.20 bits per heavy atom. The smallest absolute Gasteiger partial charge is 0.147 e. The van der Waals surface area contributed by atoms with Crippen molar-refractivity contribution >= 4 is 18.4 Å². The van der Waals surface area contributed by atoms with E-state index in [1.807, 2.05) is 0 Å². The van der Waals surface area contributed by atoms with Gasteiger partial charge in [0.05, 0.1) is 0 Å². The third-order valence-corrected chi connectivity index (χ3v) is 3.79. The van der Waals surface area contributed by atoms with Crippen molar-refractivity contribution in [2.24, 2.45) is 11.8 Å². The van der Waals surface area contributed by atoms with Gasteiger partial charge in [0.1, 0.15) is 5.78 Å². The molecule has 0 aromatic heterocycles. The molecule has 1 fully saturated rings. The third-order valence-electron chi connectivity index (χ3n) is 3.48. The van der Waals surface area contributed by atoms with E-state index >= 15 is 0 Å². The second kappa shape index (κ2) is 5.90. The molecule has 0 spiro atoms. The van der Waals surface area contributed by atoms with Crippen LogP contribution in [0.1, 0.15) is 33.6 Å². The molecule has 0 amide bonds. The van der Waals surface area contributed by atoms with Gasteiger partial charge in [-0.15, -0.1) is 0 Å². The second-order valence-electron chi connectivity index (χ2n) is 4.88. The summed E-state index contributed by atoms with van der Waals surface area (Å²) in [4.78, 5) is 14.3. The Labute approximate surface area is 98.8 Å². The number of rotatable bonds is 5. The molecule has 3 heteroatoms. The van der Waals surface area contributed by atoms with Gasteiger partial charge in [0.2, 0.25) is 0 Å². The maximum absolute atomic E-state index is 11.8. The minimum Gasteiger partial charge on any atom is -0.300 e. The van der Waals surface area contributed by atoms with Crippen LogP contribution in [0, 0.1) is 11.8 Å².